The maximum absolute atomic E-state index is 11.2. The van der Waals surface area contributed by atoms with Crippen LogP contribution in [0.15, 0.2) is 65.1 Å². The largest absolute Gasteiger partial charge is 0.506 e. The van der Waals surface area contributed by atoms with E-state index >= 15 is 0 Å². The van der Waals surface area contributed by atoms with E-state index in [0.29, 0.717) is 6.29 Å². The third-order valence-electron chi connectivity index (χ3n) is 3.75. The Labute approximate surface area is 159 Å². The normalized spacial score (nSPS) is 10.5. The summed E-state index contributed by atoms with van der Waals surface area (Å²) in [5, 5.41) is 9.84. The summed E-state index contributed by atoms with van der Waals surface area (Å²) in [4.78, 5) is 11.2. The van der Waals surface area contributed by atoms with Gasteiger partial charge in [0.2, 0.25) is 0 Å². The van der Waals surface area contributed by atoms with E-state index < -0.39 is 0 Å². The Morgan fingerprint density at radius 2 is 1.84 bits per heavy atom. The number of ether oxygens (including phenoxy) is 1. The summed E-state index contributed by atoms with van der Waals surface area (Å²) in [5.41, 5.74) is 3.36. The first-order valence-electron chi connectivity index (χ1n) is 7.53. The Balaban J connectivity index is 1.88. The summed E-state index contributed by atoms with van der Waals surface area (Å²) in [6.07, 6.45) is 0.649. The topological polar surface area (TPSA) is 46.5 Å². The molecule has 1 N–H and O–H groups in total. The molecule has 0 aliphatic rings. The van der Waals surface area contributed by atoms with Gasteiger partial charge in [0.15, 0.2) is 6.29 Å². The summed E-state index contributed by atoms with van der Waals surface area (Å²) in [6, 6.07) is 18.6. The quantitative estimate of drug-likeness (QED) is 0.528. The van der Waals surface area contributed by atoms with E-state index in [2.05, 4.69) is 15.9 Å². The molecule has 0 aliphatic heterocycles. The van der Waals surface area contributed by atoms with Crippen molar-refractivity contribution in [2.75, 3.05) is 0 Å². The molecule has 0 atom stereocenters. The number of halogens is 2. The minimum atomic E-state index is -0.126. The van der Waals surface area contributed by atoms with Gasteiger partial charge in [0.25, 0.3) is 0 Å². The third kappa shape index (κ3) is 3.86. The lowest BCUT2D eigenvalue weighted by atomic mass is 10.0. The van der Waals surface area contributed by atoms with Crippen molar-refractivity contribution in [3.63, 3.8) is 0 Å². The van der Waals surface area contributed by atoms with Crippen molar-refractivity contribution >= 4 is 33.8 Å². The van der Waals surface area contributed by atoms with E-state index in [1.54, 1.807) is 0 Å². The minimum Gasteiger partial charge on any atom is -0.506 e. The Hall–Kier alpha value is -2.30. The van der Waals surface area contributed by atoms with Gasteiger partial charge in [-0.15, -0.1) is 0 Å². The first-order valence-corrected chi connectivity index (χ1v) is 8.70. The van der Waals surface area contributed by atoms with Crippen LogP contribution in [0.4, 0.5) is 0 Å². The maximum Gasteiger partial charge on any atom is 0.153 e. The fourth-order valence-electron chi connectivity index (χ4n) is 2.46. The molecule has 126 valence electrons. The molecule has 3 rings (SSSR count). The van der Waals surface area contributed by atoms with Gasteiger partial charge in [-0.05, 0) is 33.1 Å². The number of aldehydes is 1. The molecular formula is C20H14BrClO3. The standard InChI is InChI=1S/C20H14BrClO3/c21-20-14(7-4-8-16(20)13-5-2-1-3-6-13)12-25-19-10-18(24)17(22)9-15(19)11-23/h1-11,24H,12H2. The maximum atomic E-state index is 11.2. The molecule has 0 heterocycles. The van der Waals surface area contributed by atoms with E-state index in [1.807, 2.05) is 48.5 Å². The van der Waals surface area contributed by atoms with Crippen LogP contribution in [0, 0.1) is 0 Å². The summed E-state index contributed by atoms with van der Waals surface area (Å²) < 4.78 is 6.66. The number of aromatic hydroxyl groups is 1. The van der Waals surface area contributed by atoms with Crippen molar-refractivity contribution in [3.05, 3.63) is 81.3 Å². The zero-order chi connectivity index (χ0) is 17.8. The molecule has 3 nitrogen and oxygen atoms in total. The van der Waals surface area contributed by atoms with Crippen molar-refractivity contribution in [2.45, 2.75) is 6.61 Å². The summed E-state index contributed by atoms with van der Waals surface area (Å²) in [5.74, 6) is 0.160. The fourth-order valence-corrected chi connectivity index (χ4v) is 3.24. The van der Waals surface area contributed by atoms with E-state index in [9.17, 15) is 9.90 Å². The van der Waals surface area contributed by atoms with Crippen LogP contribution in [0.2, 0.25) is 5.02 Å². The first-order chi connectivity index (χ1) is 12.1. The average Bonchev–Trinajstić information content (AvgIpc) is 2.64. The van der Waals surface area contributed by atoms with Crippen LogP contribution in [-0.4, -0.2) is 11.4 Å². The lowest BCUT2D eigenvalue weighted by Crippen LogP contribution is -2.00. The molecule has 25 heavy (non-hydrogen) atoms. The van der Waals surface area contributed by atoms with Crippen LogP contribution in [0.5, 0.6) is 11.5 Å². The average molecular weight is 418 g/mol. The van der Waals surface area contributed by atoms with Crippen molar-refractivity contribution in [1.29, 1.82) is 0 Å². The molecule has 0 unspecified atom stereocenters. The van der Waals surface area contributed by atoms with Gasteiger partial charge < -0.3 is 9.84 Å². The number of carbonyl (C=O) groups excluding carboxylic acids is 1. The smallest absolute Gasteiger partial charge is 0.153 e. The zero-order valence-electron chi connectivity index (χ0n) is 13.1. The SMILES string of the molecule is O=Cc1cc(Cl)c(O)cc1OCc1cccc(-c2ccccc2)c1Br. The van der Waals surface area contributed by atoms with Gasteiger partial charge in [-0.1, -0.05) is 60.1 Å². The summed E-state index contributed by atoms with van der Waals surface area (Å²) >= 11 is 9.46. The van der Waals surface area contributed by atoms with Gasteiger partial charge >= 0.3 is 0 Å². The van der Waals surface area contributed by atoms with Crippen LogP contribution < -0.4 is 4.74 Å². The number of phenolic OH excluding ortho intramolecular Hbond substituents is 1. The van der Waals surface area contributed by atoms with Crippen LogP contribution in [-0.2, 0) is 6.61 Å². The van der Waals surface area contributed by atoms with Gasteiger partial charge in [-0.3, -0.25) is 4.79 Å². The van der Waals surface area contributed by atoms with E-state index in [1.165, 1.54) is 12.1 Å². The zero-order valence-corrected chi connectivity index (χ0v) is 15.4. The molecule has 0 saturated carbocycles. The van der Waals surface area contributed by atoms with E-state index in [0.717, 1.165) is 21.2 Å². The van der Waals surface area contributed by atoms with Crippen molar-refractivity contribution < 1.29 is 14.6 Å². The van der Waals surface area contributed by atoms with Crippen LogP contribution in [0.25, 0.3) is 11.1 Å². The molecule has 0 aliphatic carbocycles. The Kier molecular flexibility index (Phi) is 5.41. The molecule has 3 aromatic rings. The van der Waals surface area contributed by atoms with E-state index in [4.69, 9.17) is 16.3 Å². The molecular weight excluding hydrogens is 404 g/mol. The molecule has 0 fully saturated rings. The van der Waals surface area contributed by atoms with Gasteiger partial charge in [-0.25, -0.2) is 0 Å². The number of carbonyl (C=O) groups is 1. The van der Waals surface area contributed by atoms with Gasteiger partial charge in [0.1, 0.15) is 18.1 Å². The molecule has 0 radical (unpaired) electrons. The molecule has 0 bridgehead atoms. The fraction of sp³-hybridized carbons (Fsp3) is 0.0500. The van der Waals surface area contributed by atoms with Crippen molar-refractivity contribution in [2.24, 2.45) is 0 Å². The molecule has 5 heteroatoms. The second kappa shape index (κ2) is 7.72. The summed E-state index contributed by atoms with van der Waals surface area (Å²) in [7, 11) is 0. The highest BCUT2D eigenvalue weighted by atomic mass is 79.9. The van der Waals surface area contributed by atoms with Gasteiger partial charge in [-0.2, -0.15) is 0 Å². The molecule has 3 aromatic carbocycles. The molecule has 0 amide bonds. The van der Waals surface area contributed by atoms with Crippen molar-refractivity contribution in [3.8, 4) is 22.6 Å². The predicted octanol–water partition coefficient (Wildman–Crippen LogP) is 5.87. The third-order valence-corrected chi connectivity index (χ3v) is 4.99. The summed E-state index contributed by atoms with van der Waals surface area (Å²) in [6.45, 7) is 0.239. The Morgan fingerprint density at radius 3 is 2.56 bits per heavy atom. The van der Waals surface area contributed by atoms with Crippen LogP contribution in [0.3, 0.4) is 0 Å². The Morgan fingerprint density at radius 1 is 1.08 bits per heavy atom. The van der Waals surface area contributed by atoms with Crippen LogP contribution in [0.1, 0.15) is 15.9 Å². The molecule has 0 aromatic heterocycles. The first kappa shape index (κ1) is 17.5. The molecule has 0 saturated heterocycles. The van der Waals surface area contributed by atoms with Crippen molar-refractivity contribution in [1.82, 2.24) is 0 Å². The second-order valence-electron chi connectivity index (χ2n) is 5.39. The predicted molar refractivity (Wildman–Crippen MR) is 102 cm³/mol. The highest BCUT2D eigenvalue weighted by molar-refractivity contribution is 9.10. The number of benzene rings is 3. The lowest BCUT2D eigenvalue weighted by molar-refractivity contribution is 0.111. The van der Waals surface area contributed by atoms with E-state index in [-0.39, 0.29) is 28.7 Å². The lowest BCUT2D eigenvalue weighted by Gasteiger charge is -2.13. The number of hydrogen-bond donors (Lipinski definition) is 1. The molecule has 0 spiro atoms. The number of phenols is 1. The highest BCUT2D eigenvalue weighted by Gasteiger charge is 2.12. The minimum absolute atomic E-state index is 0.113. The van der Waals surface area contributed by atoms with Gasteiger partial charge in [0, 0.05) is 16.1 Å². The Bertz CT molecular complexity index is 910. The monoisotopic (exact) mass is 416 g/mol. The van der Waals surface area contributed by atoms with Crippen LogP contribution >= 0.6 is 27.5 Å². The van der Waals surface area contributed by atoms with Gasteiger partial charge in [0.05, 0.1) is 10.6 Å². The number of rotatable bonds is 5. The highest BCUT2D eigenvalue weighted by Crippen LogP contribution is 2.34. The second-order valence-corrected chi connectivity index (χ2v) is 6.59. The number of hydrogen-bond acceptors (Lipinski definition) is 3.